The first-order chi connectivity index (χ1) is 15.2. The minimum atomic E-state index is -0.551. The molecule has 2 unspecified atom stereocenters. The van der Waals surface area contributed by atoms with Crippen LogP contribution < -0.4 is 10.1 Å². The Bertz CT molecular complexity index is 859. The van der Waals surface area contributed by atoms with Crippen molar-refractivity contribution in [2.24, 2.45) is 0 Å². The number of nitrogens with zero attached hydrogens (tertiary/aromatic N) is 1. The summed E-state index contributed by atoms with van der Waals surface area (Å²) in [6.45, 7) is 12.5. The minimum Gasteiger partial charge on any atom is -0.484 e. The molecule has 2 amide bonds. The molecule has 5 heteroatoms. The average molecular weight is 439 g/mol. The summed E-state index contributed by atoms with van der Waals surface area (Å²) in [5, 5.41) is 3.03. The van der Waals surface area contributed by atoms with Crippen LogP contribution in [0.25, 0.3) is 0 Å². The molecule has 2 aromatic carbocycles. The normalized spacial score (nSPS) is 12.8. The molecule has 2 aromatic rings. The number of carbonyl (C=O) groups excluding carboxylic acids is 2. The van der Waals surface area contributed by atoms with Gasteiger partial charge in [0.2, 0.25) is 5.91 Å². The van der Waals surface area contributed by atoms with Crippen molar-refractivity contribution in [1.82, 2.24) is 10.2 Å². The lowest BCUT2D eigenvalue weighted by atomic mass is 10.0. The second-order valence-electron chi connectivity index (χ2n) is 8.76. The first-order valence-electron chi connectivity index (χ1n) is 11.6. The van der Waals surface area contributed by atoms with Crippen molar-refractivity contribution < 1.29 is 14.3 Å². The first kappa shape index (κ1) is 25.4. The summed E-state index contributed by atoms with van der Waals surface area (Å²) in [7, 11) is 0. The van der Waals surface area contributed by atoms with Crippen LogP contribution in [0.5, 0.6) is 5.75 Å². The van der Waals surface area contributed by atoms with Crippen LogP contribution in [0.3, 0.4) is 0 Å². The van der Waals surface area contributed by atoms with Gasteiger partial charge in [0.25, 0.3) is 5.91 Å². The van der Waals surface area contributed by atoms with E-state index < -0.39 is 6.04 Å². The zero-order valence-electron chi connectivity index (χ0n) is 20.4. The van der Waals surface area contributed by atoms with Crippen molar-refractivity contribution in [3.05, 3.63) is 65.2 Å². The molecule has 2 rings (SSSR count). The van der Waals surface area contributed by atoms with Crippen LogP contribution in [0.4, 0.5) is 0 Å². The van der Waals surface area contributed by atoms with E-state index in [1.165, 1.54) is 5.56 Å². The van der Waals surface area contributed by atoms with Crippen LogP contribution in [0, 0.1) is 6.92 Å². The maximum absolute atomic E-state index is 13.2. The lowest BCUT2D eigenvalue weighted by molar-refractivity contribution is -0.143. The number of hydrogen-bond donors (Lipinski definition) is 1. The number of rotatable bonds is 11. The van der Waals surface area contributed by atoms with Gasteiger partial charge >= 0.3 is 0 Å². The summed E-state index contributed by atoms with van der Waals surface area (Å²) in [5.74, 6) is 0.758. The summed E-state index contributed by atoms with van der Waals surface area (Å²) in [4.78, 5) is 27.9. The third-order valence-corrected chi connectivity index (χ3v) is 5.77. The third-order valence-electron chi connectivity index (χ3n) is 5.77. The van der Waals surface area contributed by atoms with Gasteiger partial charge in [0, 0.05) is 12.6 Å². The number of nitrogens with one attached hydrogen (secondary N) is 1. The number of benzene rings is 2. The zero-order chi connectivity index (χ0) is 23.7. The Hall–Kier alpha value is -2.82. The van der Waals surface area contributed by atoms with Gasteiger partial charge in [-0.05, 0) is 55.9 Å². The molecule has 174 valence electrons. The largest absolute Gasteiger partial charge is 0.484 e. The Morgan fingerprint density at radius 3 is 2.09 bits per heavy atom. The Balaban J connectivity index is 2.18. The van der Waals surface area contributed by atoms with E-state index in [0.29, 0.717) is 24.6 Å². The highest BCUT2D eigenvalue weighted by atomic mass is 16.5. The van der Waals surface area contributed by atoms with Gasteiger partial charge in [-0.2, -0.15) is 0 Å². The van der Waals surface area contributed by atoms with E-state index in [2.05, 4.69) is 19.2 Å². The first-order valence-corrected chi connectivity index (χ1v) is 11.6. The second kappa shape index (κ2) is 12.3. The molecular weight excluding hydrogens is 400 g/mol. The van der Waals surface area contributed by atoms with Crippen molar-refractivity contribution in [2.75, 3.05) is 6.61 Å². The number of amides is 2. The molecule has 32 heavy (non-hydrogen) atoms. The number of carbonyl (C=O) groups is 2. The van der Waals surface area contributed by atoms with Crippen LogP contribution in [0.1, 0.15) is 70.1 Å². The fourth-order valence-corrected chi connectivity index (χ4v) is 3.43. The van der Waals surface area contributed by atoms with Gasteiger partial charge in [-0.25, -0.2) is 0 Å². The predicted octanol–water partition coefficient (Wildman–Crippen LogP) is 5.22. The molecule has 0 heterocycles. The monoisotopic (exact) mass is 438 g/mol. The topological polar surface area (TPSA) is 58.6 Å². The summed E-state index contributed by atoms with van der Waals surface area (Å²) in [6, 6.07) is 15.4. The van der Waals surface area contributed by atoms with E-state index in [9.17, 15) is 9.59 Å². The van der Waals surface area contributed by atoms with E-state index in [-0.39, 0.29) is 24.5 Å². The fourth-order valence-electron chi connectivity index (χ4n) is 3.43. The van der Waals surface area contributed by atoms with Crippen LogP contribution in [-0.2, 0) is 16.1 Å². The minimum absolute atomic E-state index is 0.0589. The molecule has 1 N–H and O–H groups in total. The smallest absolute Gasteiger partial charge is 0.261 e. The van der Waals surface area contributed by atoms with Crippen LogP contribution in [0.2, 0.25) is 0 Å². The highest BCUT2D eigenvalue weighted by molar-refractivity contribution is 5.88. The highest BCUT2D eigenvalue weighted by Crippen LogP contribution is 2.19. The summed E-state index contributed by atoms with van der Waals surface area (Å²) >= 11 is 0. The summed E-state index contributed by atoms with van der Waals surface area (Å²) < 4.78 is 5.79. The molecule has 0 spiro atoms. The molecule has 0 aliphatic heterocycles. The van der Waals surface area contributed by atoms with Crippen LogP contribution in [0.15, 0.2) is 48.5 Å². The van der Waals surface area contributed by atoms with E-state index in [1.807, 2.05) is 76.2 Å². The van der Waals surface area contributed by atoms with Crippen LogP contribution >= 0.6 is 0 Å². The van der Waals surface area contributed by atoms with E-state index >= 15 is 0 Å². The van der Waals surface area contributed by atoms with Gasteiger partial charge in [-0.1, -0.05) is 69.7 Å². The van der Waals surface area contributed by atoms with E-state index in [4.69, 9.17) is 4.74 Å². The van der Waals surface area contributed by atoms with E-state index in [1.54, 1.807) is 4.90 Å². The quantitative estimate of drug-likeness (QED) is 0.523. The molecule has 2 atom stereocenters. The number of ether oxygens (including phenoxy) is 1. The molecule has 0 aromatic heterocycles. The zero-order valence-corrected chi connectivity index (χ0v) is 20.4. The van der Waals surface area contributed by atoms with Gasteiger partial charge in [0.15, 0.2) is 6.61 Å². The Morgan fingerprint density at radius 1 is 0.938 bits per heavy atom. The molecule has 0 aliphatic rings. The lowest BCUT2D eigenvalue weighted by Gasteiger charge is -2.31. The van der Waals surface area contributed by atoms with Crippen molar-refractivity contribution >= 4 is 11.8 Å². The SMILES string of the molecule is CCC(C)NC(=O)C(CC)N(Cc1ccc(C)cc1)C(=O)COc1ccc(C(C)C)cc1. The maximum atomic E-state index is 13.2. The molecule has 0 aliphatic carbocycles. The standard InChI is InChI=1S/C27H38N2O3/c1-7-21(6)28-27(31)25(8-2)29(17-22-11-9-20(5)10-12-22)26(30)18-32-24-15-13-23(14-16-24)19(3)4/h9-16,19,21,25H,7-8,17-18H2,1-6H3,(H,28,31). The van der Waals surface area contributed by atoms with Crippen LogP contribution in [-0.4, -0.2) is 35.4 Å². The highest BCUT2D eigenvalue weighted by Gasteiger charge is 2.29. The Labute approximate surface area is 193 Å². The second-order valence-corrected chi connectivity index (χ2v) is 8.76. The maximum Gasteiger partial charge on any atom is 0.261 e. The van der Waals surface area contributed by atoms with Crippen molar-refractivity contribution in [3.63, 3.8) is 0 Å². The van der Waals surface area contributed by atoms with Gasteiger partial charge in [-0.3, -0.25) is 9.59 Å². The van der Waals surface area contributed by atoms with Gasteiger partial charge < -0.3 is 15.0 Å². The third kappa shape index (κ3) is 7.40. The van der Waals surface area contributed by atoms with Gasteiger partial charge in [0.05, 0.1) is 0 Å². The summed E-state index contributed by atoms with van der Waals surface area (Å²) in [5.41, 5.74) is 3.36. The fraction of sp³-hybridized carbons (Fsp3) is 0.481. The van der Waals surface area contributed by atoms with Gasteiger partial charge in [-0.15, -0.1) is 0 Å². The van der Waals surface area contributed by atoms with E-state index in [0.717, 1.165) is 17.5 Å². The molecule has 0 bridgehead atoms. The summed E-state index contributed by atoms with van der Waals surface area (Å²) in [6.07, 6.45) is 1.37. The molecule has 0 saturated heterocycles. The lowest BCUT2D eigenvalue weighted by Crippen LogP contribution is -2.51. The number of aryl methyl sites for hydroxylation is 1. The molecule has 5 nitrogen and oxygen atoms in total. The Morgan fingerprint density at radius 2 is 1.56 bits per heavy atom. The molecular formula is C27H38N2O3. The average Bonchev–Trinajstić information content (AvgIpc) is 2.78. The number of hydrogen-bond acceptors (Lipinski definition) is 3. The Kier molecular flexibility index (Phi) is 9.76. The van der Waals surface area contributed by atoms with Crippen molar-refractivity contribution in [3.8, 4) is 5.75 Å². The molecule has 0 saturated carbocycles. The predicted molar refractivity (Wildman–Crippen MR) is 130 cm³/mol. The van der Waals surface area contributed by atoms with Crippen molar-refractivity contribution in [2.45, 2.75) is 78.9 Å². The van der Waals surface area contributed by atoms with Gasteiger partial charge in [0.1, 0.15) is 11.8 Å². The molecule has 0 radical (unpaired) electrons. The van der Waals surface area contributed by atoms with Crippen molar-refractivity contribution in [1.29, 1.82) is 0 Å². The molecule has 0 fully saturated rings.